The van der Waals surface area contributed by atoms with Crippen molar-refractivity contribution in [2.45, 2.75) is 26.8 Å². The van der Waals surface area contributed by atoms with Crippen LogP contribution in [0.4, 0.5) is 5.13 Å². The Hall–Kier alpha value is -2.99. The van der Waals surface area contributed by atoms with E-state index < -0.39 is 6.04 Å². The molecule has 27 heavy (non-hydrogen) atoms. The van der Waals surface area contributed by atoms with E-state index in [0.717, 1.165) is 22.4 Å². The molecule has 0 aliphatic rings. The molecule has 0 radical (unpaired) electrons. The number of hydrogen-bond donors (Lipinski definition) is 2. The van der Waals surface area contributed by atoms with E-state index in [2.05, 4.69) is 33.8 Å². The number of hydrogen-bond acceptors (Lipinski definition) is 4. The van der Waals surface area contributed by atoms with Crippen molar-refractivity contribution in [2.24, 2.45) is 0 Å². The molecule has 0 aliphatic carbocycles. The Kier molecular flexibility index (Phi) is 5.66. The highest BCUT2D eigenvalue weighted by atomic mass is 32.1. The first-order valence-electron chi connectivity index (χ1n) is 8.64. The molecule has 3 aromatic rings. The van der Waals surface area contributed by atoms with Crippen LogP contribution >= 0.6 is 11.3 Å². The summed E-state index contributed by atoms with van der Waals surface area (Å²) in [5, 5.41) is 7.91. The van der Waals surface area contributed by atoms with E-state index in [4.69, 9.17) is 0 Å². The average Bonchev–Trinajstić information content (AvgIpc) is 3.12. The number of anilines is 1. The third-order valence-corrected chi connectivity index (χ3v) is 4.94. The van der Waals surface area contributed by atoms with E-state index in [9.17, 15) is 9.59 Å². The van der Waals surface area contributed by atoms with Crippen molar-refractivity contribution < 1.29 is 9.59 Å². The maximum Gasteiger partial charge on any atom is 0.251 e. The topological polar surface area (TPSA) is 71.1 Å². The summed E-state index contributed by atoms with van der Waals surface area (Å²) in [4.78, 5) is 29.1. The number of carbonyl (C=O) groups excluding carboxylic acids is 2. The number of amides is 2. The van der Waals surface area contributed by atoms with Crippen LogP contribution in [-0.2, 0) is 4.79 Å². The summed E-state index contributed by atoms with van der Waals surface area (Å²) >= 11 is 1.36. The van der Waals surface area contributed by atoms with Crippen LogP contribution in [0.15, 0.2) is 53.9 Å². The molecule has 138 valence electrons. The molecule has 1 unspecified atom stereocenters. The van der Waals surface area contributed by atoms with Crippen LogP contribution in [0.3, 0.4) is 0 Å². The van der Waals surface area contributed by atoms with Crippen LogP contribution in [0.25, 0.3) is 11.3 Å². The SMILES string of the molecule is Cc1ccc(C)c(-c2csc(NC(=O)C(C)NC(=O)c3ccccc3)n2)c1. The molecule has 2 aromatic carbocycles. The molecule has 1 heterocycles. The first-order valence-corrected chi connectivity index (χ1v) is 9.52. The van der Waals surface area contributed by atoms with E-state index in [1.54, 1.807) is 31.2 Å². The highest BCUT2D eigenvalue weighted by Crippen LogP contribution is 2.28. The number of carbonyl (C=O) groups is 2. The van der Waals surface area contributed by atoms with Crippen molar-refractivity contribution >= 4 is 28.3 Å². The van der Waals surface area contributed by atoms with Crippen molar-refractivity contribution in [1.29, 1.82) is 0 Å². The Morgan fingerprint density at radius 1 is 1.07 bits per heavy atom. The van der Waals surface area contributed by atoms with Gasteiger partial charge in [-0.1, -0.05) is 35.9 Å². The van der Waals surface area contributed by atoms with E-state index in [1.165, 1.54) is 11.3 Å². The normalized spacial score (nSPS) is 11.7. The third kappa shape index (κ3) is 4.60. The van der Waals surface area contributed by atoms with Crippen molar-refractivity contribution in [3.05, 3.63) is 70.6 Å². The summed E-state index contributed by atoms with van der Waals surface area (Å²) in [7, 11) is 0. The Balaban J connectivity index is 1.65. The molecule has 5 nitrogen and oxygen atoms in total. The number of nitrogens with one attached hydrogen (secondary N) is 2. The number of rotatable bonds is 5. The van der Waals surface area contributed by atoms with Gasteiger partial charge in [0.05, 0.1) is 5.69 Å². The lowest BCUT2D eigenvalue weighted by Gasteiger charge is -2.13. The first-order chi connectivity index (χ1) is 12.9. The monoisotopic (exact) mass is 379 g/mol. The summed E-state index contributed by atoms with van der Waals surface area (Å²) < 4.78 is 0. The Morgan fingerprint density at radius 3 is 2.56 bits per heavy atom. The van der Waals surface area contributed by atoms with Crippen LogP contribution in [0.1, 0.15) is 28.4 Å². The Morgan fingerprint density at radius 2 is 1.81 bits per heavy atom. The van der Waals surface area contributed by atoms with Crippen LogP contribution in [0.5, 0.6) is 0 Å². The molecule has 3 rings (SSSR count). The fourth-order valence-corrected chi connectivity index (χ4v) is 3.33. The Bertz CT molecular complexity index is 967. The van der Waals surface area contributed by atoms with Crippen molar-refractivity contribution in [2.75, 3.05) is 5.32 Å². The van der Waals surface area contributed by atoms with Gasteiger partial charge in [-0.15, -0.1) is 11.3 Å². The molecular formula is C21H21N3O2S. The zero-order valence-corrected chi connectivity index (χ0v) is 16.3. The minimum Gasteiger partial charge on any atom is -0.341 e. The second-order valence-electron chi connectivity index (χ2n) is 6.41. The number of aromatic nitrogens is 1. The summed E-state index contributed by atoms with van der Waals surface area (Å²) in [5.74, 6) is -0.588. The van der Waals surface area contributed by atoms with Crippen molar-refractivity contribution in [3.8, 4) is 11.3 Å². The lowest BCUT2D eigenvalue weighted by Crippen LogP contribution is -2.41. The van der Waals surface area contributed by atoms with Gasteiger partial charge in [0, 0.05) is 16.5 Å². The van der Waals surface area contributed by atoms with Crippen LogP contribution in [0.2, 0.25) is 0 Å². The van der Waals surface area contributed by atoms with Gasteiger partial charge >= 0.3 is 0 Å². The molecule has 6 heteroatoms. The van der Waals surface area contributed by atoms with Crippen LogP contribution < -0.4 is 10.6 Å². The summed E-state index contributed by atoms with van der Waals surface area (Å²) in [5.41, 5.74) is 4.69. The predicted molar refractivity (Wildman–Crippen MR) is 109 cm³/mol. The largest absolute Gasteiger partial charge is 0.341 e. The molecule has 0 bridgehead atoms. The maximum atomic E-state index is 12.4. The van der Waals surface area contributed by atoms with Gasteiger partial charge in [-0.25, -0.2) is 4.98 Å². The minimum absolute atomic E-state index is 0.284. The van der Waals surface area contributed by atoms with Gasteiger partial charge in [-0.3, -0.25) is 9.59 Å². The van der Waals surface area contributed by atoms with E-state index >= 15 is 0 Å². The summed E-state index contributed by atoms with van der Waals surface area (Å²) in [6.45, 7) is 5.72. The zero-order chi connectivity index (χ0) is 19.4. The number of benzene rings is 2. The summed E-state index contributed by atoms with van der Waals surface area (Å²) in [6, 6.07) is 14.3. The lowest BCUT2D eigenvalue weighted by molar-refractivity contribution is -0.117. The van der Waals surface area contributed by atoms with Gasteiger partial charge in [-0.2, -0.15) is 0 Å². The molecule has 2 amide bonds. The molecule has 0 spiro atoms. The van der Waals surface area contributed by atoms with Gasteiger partial charge in [-0.05, 0) is 44.5 Å². The third-order valence-electron chi connectivity index (χ3n) is 4.18. The first kappa shape index (κ1) is 18.8. The highest BCUT2D eigenvalue weighted by molar-refractivity contribution is 7.14. The van der Waals surface area contributed by atoms with Crippen LogP contribution in [-0.4, -0.2) is 22.8 Å². The van der Waals surface area contributed by atoms with Crippen LogP contribution in [0, 0.1) is 13.8 Å². The summed E-state index contributed by atoms with van der Waals surface area (Å²) in [6.07, 6.45) is 0. The Labute approximate surface area is 162 Å². The minimum atomic E-state index is -0.675. The molecule has 0 fully saturated rings. The maximum absolute atomic E-state index is 12.4. The molecule has 1 aromatic heterocycles. The van der Waals surface area contributed by atoms with Gasteiger partial charge in [0.25, 0.3) is 5.91 Å². The van der Waals surface area contributed by atoms with Gasteiger partial charge in [0.2, 0.25) is 5.91 Å². The predicted octanol–water partition coefficient (Wildman–Crippen LogP) is 4.18. The molecule has 0 saturated carbocycles. The molecule has 0 aliphatic heterocycles. The lowest BCUT2D eigenvalue weighted by atomic mass is 10.0. The smallest absolute Gasteiger partial charge is 0.251 e. The van der Waals surface area contributed by atoms with Crippen molar-refractivity contribution in [1.82, 2.24) is 10.3 Å². The van der Waals surface area contributed by atoms with Gasteiger partial charge in [0.1, 0.15) is 6.04 Å². The second-order valence-corrected chi connectivity index (χ2v) is 7.26. The van der Waals surface area contributed by atoms with E-state index in [-0.39, 0.29) is 11.8 Å². The van der Waals surface area contributed by atoms with Gasteiger partial charge < -0.3 is 10.6 Å². The van der Waals surface area contributed by atoms with E-state index in [1.807, 2.05) is 25.3 Å². The number of nitrogens with zero attached hydrogens (tertiary/aromatic N) is 1. The standard InChI is InChI=1S/C21H21N3O2S/c1-13-9-10-14(2)17(11-13)18-12-27-21(23-18)24-19(25)15(3)22-20(26)16-7-5-4-6-8-16/h4-12,15H,1-3H3,(H,22,26)(H,23,24,25). The molecule has 1 atom stereocenters. The molecule has 2 N–H and O–H groups in total. The fourth-order valence-electron chi connectivity index (χ4n) is 2.62. The highest BCUT2D eigenvalue weighted by Gasteiger charge is 2.18. The molecule has 0 saturated heterocycles. The zero-order valence-electron chi connectivity index (χ0n) is 15.4. The fraction of sp³-hybridized carbons (Fsp3) is 0.190. The van der Waals surface area contributed by atoms with Gasteiger partial charge in [0.15, 0.2) is 5.13 Å². The number of aryl methyl sites for hydroxylation is 2. The van der Waals surface area contributed by atoms with Crippen molar-refractivity contribution in [3.63, 3.8) is 0 Å². The average molecular weight is 379 g/mol. The quantitative estimate of drug-likeness (QED) is 0.698. The second kappa shape index (κ2) is 8.14. The molecular weight excluding hydrogens is 358 g/mol. The number of thiazole rings is 1. The van der Waals surface area contributed by atoms with E-state index in [0.29, 0.717) is 10.7 Å².